The predicted octanol–water partition coefficient (Wildman–Crippen LogP) is 0.525. The van der Waals surface area contributed by atoms with Gasteiger partial charge in [-0.15, -0.1) is 0 Å². The molecule has 1 aromatic carbocycles. The third kappa shape index (κ3) is 4.70. The molecular weight excluding hydrogens is 272 g/mol. The van der Waals surface area contributed by atoms with Crippen molar-refractivity contribution in [3.8, 4) is 5.75 Å². The second-order valence-corrected chi connectivity index (χ2v) is 4.71. The molecule has 0 aliphatic rings. The number of nitrogen functional groups attached to an aromatic ring is 1. The Balaban J connectivity index is 2.88. The first kappa shape index (κ1) is 17.4. The number of nitrogens with two attached hydrogens (primary N) is 1. The van der Waals surface area contributed by atoms with E-state index in [2.05, 4.69) is 0 Å². The van der Waals surface area contributed by atoms with Crippen LogP contribution in [0.3, 0.4) is 0 Å². The summed E-state index contributed by atoms with van der Waals surface area (Å²) in [4.78, 5) is 14.2. The highest BCUT2D eigenvalue weighted by molar-refractivity contribution is 6.00. The topological polar surface area (TPSA) is 96.0 Å². The van der Waals surface area contributed by atoms with E-state index in [0.29, 0.717) is 36.7 Å². The number of hydrogen-bond donors (Lipinski definition) is 3. The van der Waals surface area contributed by atoms with Crippen LogP contribution < -0.4 is 10.5 Å². The quantitative estimate of drug-likeness (QED) is 0.454. The zero-order valence-electron chi connectivity index (χ0n) is 12.6. The number of hydrogen-bond acceptors (Lipinski definition) is 6. The molecule has 0 amide bonds. The minimum absolute atomic E-state index is 0.0664. The van der Waals surface area contributed by atoms with Crippen LogP contribution in [0.2, 0.25) is 0 Å². The summed E-state index contributed by atoms with van der Waals surface area (Å²) in [6, 6.07) is 4.51. The molecule has 0 aromatic heterocycles. The minimum atomic E-state index is -0.443. The smallest absolute Gasteiger partial charge is 0.179 e. The summed E-state index contributed by atoms with van der Waals surface area (Å²) < 4.78 is 5.34. The minimum Gasteiger partial charge on any atom is -0.492 e. The fourth-order valence-corrected chi connectivity index (χ4v) is 2.15. The maximum absolute atomic E-state index is 12.5. The standard InChI is InChI=1S/C15H24N2O4/c1-3-21-14-5-4-12(10-13(14)16)15(20)11(2)17(6-8-18)7-9-19/h4-5,10-11,18-19H,3,6-9,16H2,1-2H3. The Morgan fingerprint density at radius 3 is 2.43 bits per heavy atom. The molecule has 21 heavy (non-hydrogen) atoms. The molecule has 0 fully saturated rings. The van der Waals surface area contributed by atoms with Crippen LogP contribution in [0.15, 0.2) is 18.2 Å². The first-order valence-electron chi connectivity index (χ1n) is 7.07. The van der Waals surface area contributed by atoms with Crippen LogP contribution in [0.5, 0.6) is 5.75 Å². The monoisotopic (exact) mass is 296 g/mol. The van der Waals surface area contributed by atoms with Crippen molar-refractivity contribution >= 4 is 11.5 Å². The van der Waals surface area contributed by atoms with Gasteiger partial charge in [-0.25, -0.2) is 0 Å². The van der Waals surface area contributed by atoms with Crippen LogP contribution in [-0.2, 0) is 0 Å². The molecule has 0 heterocycles. The second kappa shape index (κ2) is 8.61. The van der Waals surface area contributed by atoms with Crippen molar-refractivity contribution in [2.45, 2.75) is 19.9 Å². The number of carbonyl (C=O) groups is 1. The number of aliphatic hydroxyl groups is 2. The van der Waals surface area contributed by atoms with Crippen molar-refractivity contribution in [1.29, 1.82) is 0 Å². The van der Waals surface area contributed by atoms with Crippen LogP contribution in [0.4, 0.5) is 5.69 Å². The summed E-state index contributed by atoms with van der Waals surface area (Å²) in [6.07, 6.45) is 0. The van der Waals surface area contributed by atoms with Gasteiger partial charge in [-0.05, 0) is 32.0 Å². The predicted molar refractivity (Wildman–Crippen MR) is 81.6 cm³/mol. The molecule has 1 aromatic rings. The summed E-state index contributed by atoms with van der Waals surface area (Å²) in [6.45, 7) is 4.66. The van der Waals surface area contributed by atoms with Crippen LogP contribution in [0, 0.1) is 0 Å². The lowest BCUT2D eigenvalue weighted by Crippen LogP contribution is -2.42. The van der Waals surface area contributed by atoms with Crippen molar-refractivity contribution in [2.24, 2.45) is 0 Å². The summed E-state index contributed by atoms with van der Waals surface area (Å²) in [7, 11) is 0. The Labute approximate surface area is 125 Å². The van der Waals surface area contributed by atoms with E-state index in [0.717, 1.165) is 0 Å². The van der Waals surface area contributed by atoms with Crippen LogP contribution in [0.1, 0.15) is 24.2 Å². The molecule has 0 saturated carbocycles. The number of ketones is 1. The maximum atomic E-state index is 12.5. The van der Waals surface area contributed by atoms with Crippen molar-refractivity contribution in [3.05, 3.63) is 23.8 Å². The average molecular weight is 296 g/mol. The number of Topliss-reactive ketones (excluding diaryl/α,β-unsaturated/α-hetero) is 1. The number of rotatable bonds is 9. The summed E-state index contributed by atoms with van der Waals surface area (Å²) in [5.74, 6) is 0.455. The van der Waals surface area contributed by atoms with Gasteiger partial charge in [-0.1, -0.05) is 0 Å². The highest BCUT2D eigenvalue weighted by atomic mass is 16.5. The Morgan fingerprint density at radius 1 is 1.33 bits per heavy atom. The van der Waals surface area contributed by atoms with Gasteiger partial charge in [0.05, 0.1) is 31.5 Å². The number of nitrogens with zero attached hydrogens (tertiary/aromatic N) is 1. The molecule has 1 atom stereocenters. The summed E-state index contributed by atoms with van der Waals surface area (Å²) in [5.41, 5.74) is 6.78. The average Bonchev–Trinajstić information content (AvgIpc) is 2.48. The van der Waals surface area contributed by atoms with Crippen molar-refractivity contribution in [1.82, 2.24) is 4.90 Å². The van der Waals surface area contributed by atoms with Gasteiger partial charge in [-0.2, -0.15) is 0 Å². The van der Waals surface area contributed by atoms with Gasteiger partial charge < -0.3 is 20.7 Å². The first-order chi connectivity index (χ1) is 10.0. The van der Waals surface area contributed by atoms with Crippen molar-refractivity contribution in [3.63, 3.8) is 0 Å². The van der Waals surface area contributed by atoms with Gasteiger partial charge >= 0.3 is 0 Å². The van der Waals surface area contributed by atoms with Crippen LogP contribution in [-0.4, -0.2) is 59.8 Å². The molecule has 1 rings (SSSR count). The fourth-order valence-electron chi connectivity index (χ4n) is 2.15. The van der Waals surface area contributed by atoms with Gasteiger partial charge in [0.1, 0.15) is 5.75 Å². The summed E-state index contributed by atoms with van der Waals surface area (Å²) in [5, 5.41) is 18.1. The van der Waals surface area contributed by atoms with E-state index < -0.39 is 6.04 Å². The Morgan fingerprint density at radius 2 is 1.95 bits per heavy atom. The van der Waals surface area contributed by atoms with E-state index in [1.165, 1.54) is 0 Å². The van der Waals surface area contributed by atoms with E-state index in [1.807, 2.05) is 6.92 Å². The molecule has 0 aliphatic heterocycles. The van der Waals surface area contributed by atoms with Gasteiger partial charge in [0, 0.05) is 18.7 Å². The number of ether oxygens (including phenoxy) is 1. The van der Waals surface area contributed by atoms with E-state index in [-0.39, 0.29) is 19.0 Å². The maximum Gasteiger partial charge on any atom is 0.179 e. The highest BCUT2D eigenvalue weighted by Crippen LogP contribution is 2.23. The van der Waals surface area contributed by atoms with Crippen molar-refractivity contribution in [2.75, 3.05) is 38.6 Å². The molecule has 1 unspecified atom stereocenters. The zero-order chi connectivity index (χ0) is 15.8. The Bertz CT molecular complexity index is 459. The van der Waals surface area contributed by atoms with Crippen LogP contribution >= 0.6 is 0 Å². The third-order valence-electron chi connectivity index (χ3n) is 3.30. The van der Waals surface area contributed by atoms with Crippen LogP contribution in [0.25, 0.3) is 0 Å². The zero-order valence-corrected chi connectivity index (χ0v) is 12.6. The molecule has 0 radical (unpaired) electrons. The van der Waals surface area contributed by atoms with E-state index >= 15 is 0 Å². The van der Waals surface area contributed by atoms with E-state index in [1.54, 1.807) is 30.0 Å². The number of carbonyl (C=O) groups excluding carboxylic acids is 1. The fraction of sp³-hybridized carbons (Fsp3) is 0.533. The number of aliphatic hydroxyl groups excluding tert-OH is 2. The molecule has 6 nitrogen and oxygen atoms in total. The normalized spacial score (nSPS) is 12.4. The molecule has 0 bridgehead atoms. The number of anilines is 1. The largest absolute Gasteiger partial charge is 0.492 e. The summed E-state index contributed by atoms with van der Waals surface area (Å²) >= 11 is 0. The lowest BCUT2D eigenvalue weighted by molar-refractivity contribution is 0.0769. The lowest BCUT2D eigenvalue weighted by Gasteiger charge is -2.26. The van der Waals surface area contributed by atoms with Gasteiger partial charge in [0.2, 0.25) is 0 Å². The molecule has 0 aliphatic carbocycles. The molecule has 4 N–H and O–H groups in total. The first-order valence-corrected chi connectivity index (χ1v) is 7.07. The second-order valence-electron chi connectivity index (χ2n) is 4.71. The molecule has 118 valence electrons. The van der Waals surface area contributed by atoms with E-state index in [9.17, 15) is 4.79 Å². The number of benzene rings is 1. The van der Waals surface area contributed by atoms with Gasteiger partial charge in [0.25, 0.3) is 0 Å². The van der Waals surface area contributed by atoms with Crippen molar-refractivity contribution < 1.29 is 19.7 Å². The molecule has 6 heteroatoms. The Hall–Kier alpha value is -1.63. The molecule has 0 saturated heterocycles. The Kier molecular flexibility index (Phi) is 7.14. The van der Waals surface area contributed by atoms with Gasteiger partial charge in [-0.3, -0.25) is 9.69 Å². The van der Waals surface area contributed by atoms with E-state index in [4.69, 9.17) is 20.7 Å². The molecule has 0 spiro atoms. The third-order valence-corrected chi connectivity index (χ3v) is 3.30. The SMILES string of the molecule is CCOc1ccc(C(=O)C(C)N(CCO)CCO)cc1N. The van der Waals surface area contributed by atoms with Gasteiger partial charge in [0.15, 0.2) is 5.78 Å². The lowest BCUT2D eigenvalue weighted by atomic mass is 10.0. The highest BCUT2D eigenvalue weighted by Gasteiger charge is 2.22. The molecular formula is C15H24N2O4.